The quantitative estimate of drug-likeness (QED) is 0.373. The number of hydrogen-bond donors (Lipinski definition) is 0. The SMILES string of the molecule is C1=C(c2ccccc2)C=C(N2B(c3ccccc3)c3ccccc3-c3ccccc32)CC1. The molecular weight excluding hydrogens is 385 g/mol. The van der Waals surface area contributed by atoms with E-state index in [1.807, 2.05) is 0 Å². The molecule has 2 heteroatoms. The molecule has 1 aliphatic heterocycles. The minimum absolute atomic E-state index is 0.156. The van der Waals surface area contributed by atoms with Crippen LogP contribution in [0.5, 0.6) is 0 Å². The van der Waals surface area contributed by atoms with Gasteiger partial charge < -0.3 is 4.81 Å². The predicted molar refractivity (Wildman–Crippen MR) is 138 cm³/mol. The Morgan fingerprint density at radius 3 is 2.09 bits per heavy atom. The molecule has 2 aliphatic rings. The Labute approximate surface area is 190 Å². The fourth-order valence-corrected chi connectivity index (χ4v) is 5.16. The Hall–Kier alpha value is -3.78. The van der Waals surface area contributed by atoms with Crippen LogP contribution in [0.1, 0.15) is 18.4 Å². The van der Waals surface area contributed by atoms with Gasteiger partial charge in [-0.25, -0.2) is 0 Å². The molecule has 0 fully saturated rings. The van der Waals surface area contributed by atoms with Gasteiger partial charge in [0.2, 0.25) is 0 Å². The van der Waals surface area contributed by atoms with Crippen LogP contribution >= 0.6 is 0 Å². The fraction of sp³-hybridized carbons (Fsp3) is 0.0667. The van der Waals surface area contributed by atoms with Crippen molar-refractivity contribution < 1.29 is 0 Å². The van der Waals surface area contributed by atoms with E-state index in [1.165, 1.54) is 44.6 Å². The molecule has 0 unspecified atom stereocenters. The number of rotatable bonds is 3. The van der Waals surface area contributed by atoms with Gasteiger partial charge in [0, 0.05) is 16.9 Å². The number of para-hydroxylation sites is 1. The summed E-state index contributed by atoms with van der Waals surface area (Å²) in [5.41, 5.74) is 10.6. The third-order valence-electron chi connectivity index (χ3n) is 6.59. The first-order valence-electron chi connectivity index (χ1n) is 11.4. The maximum Gasteiger partial charge on any atom is 0.328 e. The number of allylic oxidation sites excluding steroid dienone is 4. The number of fused-ring (bicyclic) bond motifs is 3. The van der Waals surface area contributed by atoms with E-state index in [9.17, 15) is 0 Å². The van der Waals surface area contributed by atoms with Crippen LogP contribution in [0.25, 0.3) is 16.7 Å². The highest BCUT2D eigenvalue weighted by molar-refractivity contribution is 6.90. The van der Waals surface area contributed by atoms with Crippen molar-refractivity contribution in [2.45, 2.75) is 12.8 Å². The van der Waals surface area contributed by atoms with E-state index in [4.69, 9.17) is 0 Å². The lowest BCUT2D eigenvalue weighted by Gasteiger charge is -2.41. The lowest BCUT2D eigenvalue weighted by molar-refractivity contribution is 0.938. The van der Waals surface area contributed by atoms with Crippen molar-refractivity contribution in [3.8, 4) is 11.1 Å². The summed E-state index contributed by atoms with van der Waals surface area (Å²) in [6.45, 7) is 0.156. The van der Waals surface area contributed by atoms with Gasteiger partial charge in [0.1, 0.15) is 0 Å². The van der Waals surface area contributed by atoms with E-state index in [2.05, 4.69) is 126 Å². The molecule has 152 valence electrons. The Bertz CT molecular complexity index is 1320. The van der Waals surface area contributed by atoms with Crippen LogP contribution < -0.4 is 15.7 Å². The molecule has 0 aromatic heterocycles. The van der Waals surface area contributed by atoms with E-state index >= 15 is 0 Å². The van der Waals surface area contributed by atoms with Crippen LogP contribution in [0.15, 0.2) is 127 Å². The molecular formula is C30H24BN. The first kappa shape index (κ1) is 19.0. The molecule has 0 bridgehead atoms. The van der Waals surface area contributed by atoms with Gasteiger partial charge in [-0.3, -0.25) is 0 Å². The van der Waals surface area contributed by atoms with Crippen molar-refractivity contribution in [1.82, 2.24) is 0 Å². The lowest BCUT2D eigenvalue weighted by Crippen LogP contribution is -2.59. The first-order valence-corrected chi connectivity index (χ1v) is 11.4. The van der Waals surface area contributed by atoms with E-state index in [-0.39, 0.29) is 6.85 Å². The number of nitrogens with zero attached hydrogens (tertiary/aromatic N) is 1. The summed E-state index contributed by atoms with van der Waals surface area (Å²) in [5.74, 6) is 0. The van der Waals surface area contributed by atoms with Gasteiger partial charge in [-0.15, -0.1) is 0 Å². The topological polar surface area (TPSA) is 3.24 Å². The molecule has 1 aliphatic carbocycles. The molecule has 0 N–H and O–H groups in total. The molecule has 0 amide bonds. The van der Waals surface area contributed by atoms with Crippen molar-refractivity contribution in [2.24, 2.45) is 0 Å². The van der Waals surface area contributed by atoms with Crippen LogP contribution in [0.3, 0.4) is 0 Å². The zero-order valence-electron chi connectivity index (χ0n) is 18.0. The van der Waals surface area contributed by atoms with Gasteiger partial charge >= 0.3 is 6.85 Å². The van der Waals surface area contributed by atoms with Crippen LogP contribution in [0.2, 0.25) is 0 Å². The maximum atomic E-state index is 2.59. The zero-order valence-corrected chi connectivity index (χ0v) is 18.0. The molecule has 1 nitrogen and oxygen atoms in total. The fourth-order valence-electron chi connectivity index (χ4n) is 5.16. The number of benzene rings is 4. The second-order valence-corrected chi connectivity index (χ2v) is 8.49. The Morgan fingerprint density at radius 2 is 1.28 bits per heavy atom. The highest BCUT2D eigenvalue weighted by Gasteiger charge is 2.37. The summed E-state index contributed by atoms with van der Waals surface area (Å²) in [6.07, 6.45) is 6.87. The molecule has 0 spiro atoms. The molecule has 4 aromatic rings. The normalized spacial score (nSPS) is 14.9. The van der Waals surface area contributed by atoms with Crippen molar-refractivity contribution in [3.63, 3.8) is 0 Å². The Balaban J connectivity index is 1.56. The molecule has 4 aromatic carbocycles. The smallest absolute Gasteiger partial charge is 0.328 e. The Kier molecular flexibility index (Phi) is 4.77. The zero-order chi connectivity index (χ0) is 21.3. The monoisotopic (exact) mass is 409 g/mol. The summed E-state index contributed by atoms with van der Waals surface area (Å²) in [4.78, 5) is 2.59. The minimum atomic E-state index is 0.156. The minimum Gasteiger partial charge on any atom is -0.380 e. The summed E-state index contributed by atoms with van der Waals surface area (Å²) >= 11 is 0. The molecule has 0 atom stereocenters. The van der Waals surface area contributed by atoms with E-state index in [0.29, 0.717) is 0 Å². The summed E-state index contributed by atoms with van der Waals surface area (Å²) in [7, 11) is 0. The van der Waals surface area contributed by atoms with E-state index in [1.54, 1.807) is 0 Å². The molecule has 1 heterocycles. The summed E-state index contributed by atoms with van der Waals surface area (Å²) < 4.78 is 0. The third kappa shape index (κ3) is 3.20. The maximum absolute atomic E-state index is 2.59. The van der Waals surface area contributed by atoms with Crippen LogP contribution in [-0.4, -0.2) is 6.85 Å². The second-order valence-electron chi connectivity index (χ2n) is 8.49. The molecule has 0 saturated carbocycles. The van der Waals surface area contributed by atoms with E-state index < -0.39 is 0 Å². The lowest BCUT2D eigenvalue weighted by atomic mass is 9.45. The third-order valence-corrected chi connectivity index (χ3v) is 6.59. The van der Waals surface area contributed by atoms with Gasteiger partial charge in [0.15, 0.2) is 0 Å². The van der Waals surface area contributed by atoms with Gasteiger partial charge in [0.05, 0.1) is 0 Å². The first-order chi connectivity index (χ1) is 15.9. The van der Waals surface area contributed by atoms with E-state index in [0.717, 1.165) is 12.8 Å². The van der Waals surface area contributed by atoms with Crippen molar-refractivity contribution in [1.29, 1.82) is 0 Å². The van der Waals surface area contributed by atoms with Crippen LogP contribution in [0, 0.1) is 0 Å². The van der Waals surface area contributed by atoms with Gasteiger partial charge in [-0.2, -0.15) is 0 Å². The largest absolute Gasteiger partial charge is 0.380 e. The average Bonchev–Trinajstić information content (AvgIpc) is 2.89. The summed E-state index contributed by atoms with van der Waals surface area (Å²) in [6, 6.07) is 39.4. The van der Waals surface area contributed by atoms with Gasteiger partial charge in [-0.05, 0) is 47.1 Å². The number of hydrogen-bond acceptors (Lipinski definition) is 1. The second kappa shape index (κ2) is 8.05. The highest BCUT2D eigenvalue weighted by Crippen LogP contribution is 2.39. The highest BCUT2D eigenvalue weighted by atomic mass is 15.1. The standard InChI is InChI=1S/C30H24BN/c1-3-12-23(13-4-1)24-14-11-17-26(22-24)32-30-21-10-8-19-28(30)27-18-7-9-20-29(27)31(32)25-15-5-2-6-16-25/h1-10,12-16,18-22H,11,17H2. The van der Waals surface area contributed by atoms with Crippen molar-refractivity contribution >= 4 is 29.0 Å². The molecule has 32 heavy (non-hydrogen) atoms. The van der Waals surface area contributed by atoms with Gasteiger partial charge in [-0.1, -0.05) is 115 Å². The van der Waals surface area contributed by atoms with Crippen molar-refractivity contribution in [2.75, 3.05) is 4.81 Å². The Morgan fingerprint density at radius 1 is 0.625 bits per heavy atom. The molecule has 0 radical (unpaired) electrons. The number of anilines is 1. The van der Waals surface area contributed by atoms with Gasteiger partial charge in [0.25, 0.3) is 0 Å². The summed E-state index contributed by atoms with van der Waals surface area (Å²) in [5, 5.41) is 0. The predicted octanol–water partition coefficient (Wildman–Crippen LogP) is 6.04. The molecule has 0 saturated heterocycles. The van der Waals surface area contributed by atoms with Crippen LogP contribution in [-0.2, 0) is 0 Å². The van der Waals surface area contributed by atoms with Crippen LogP contribution in [0.4, 0.5) is 5.69 Å². The molecule has 6 rings (SSSR count). The van der Waals surface area contributed by atoms with Crippen molar-refractivity contribution in [3.05, 3.63) is 133 Å². The average molecular weight is 409 g/mol.